The van der Waals surface area contributed by atoms with Crippen LogP contribution in [0.1, 0.15) is 16.1 Å². The highest BCUT2D eigenvalue weighted by Gasteiger charge is 2.14. The molecule has 0 aliphatic heterocycles. The molecule has 4 nitrogen and oxygen atoms in total. The molecule has 0 fully saturated rings. The average molecular weight is 286 g/mol. The number of carboxylic acids is 1. The molecule has 2 aromatic rings. The first-order chi connectivity index (χ1) is 8.59. The molecule has 0 radical (unpaired) electrons. The molecule has 1 aromatic carbocycles. The molecule has 0 aliphatic carbocycles. The van der Waals surface area contributed by atoms with Gasteiger partial charge in [-0.3, -0.25) is 0 Å². The molecule has 0 aliphatic rings. The first-order valence-corrected chi connectivity index (χ1v) is 5.82. The van der Waals surface area contributed by atoms with Crippen molar-refractivity contribution >= 4 is 34.9 Å². The van der Waals surface area contributed by atoms with Crippen LogP contribution < -0.4 is 5.32 Å². The summed E-state index contributed by atoms with van der Waals surface area (Å²) in [6, 6.07) is 6.50. The molecule has 0 amide bonds. The van der Waals surface area contributed by atoms with Gasteiger partial charge >= 0.3 is 5.97 Å². The van der Waals surface area contributed by atoms with E-state index in [0.717, 1.165) is 0 Å². The number of hydrogen-bond donors (Lipinski definition) is 2. The quantitative estimate of drug-likeness (QED) is 0.894. The number of para-hydroxylation sites is 1. The Morgan fingerprint density at radius 1 is 1.28 bits per heavy atom. The van der Waals surface area contributed by atoms with E-state index < -0.39 is 5.97 Å². The van der Waals surface area contributed by atoms with Crippen LogP contribution in [-0.4, -0.2) is 11.1 Å². The van der Waals surface area contributed by atoms with Crippen molar-refractivity contribution in [3.05, 3.63) is 51.9 Å². The molecule has 94 valence electrons. The summed E-state index contributed by atoms with van der Waals surface area (Å²) >= 11 is 12.0. The topological polar surface area (TPSA) is 62.5 Å². The Morgan fingerprint density at radius 3 is 2.56 bits per heavy atom. The molecule has 18 heavy (non-hydrogen) atoms. The number of benzene rings is 1. The van der Waals surface area contributed by atoms with E-state index in [0.29, 0.717) is 21.5 Å². The number of halogens is 2. The van der Waals surface area contributed by atoms with Gasteiger partial charge in [-0.15, -0.1) is 0 Å². The smallest absolute Gasteiger partial charge is 0.339 e. The van der Waals surface area contributed by atoms with Crippen LogP contribution in [0.5, 0.6) is 0 Å². The molecule has 1 heterocycles. The standard InChI is InChI=1S/C12H9Cl2NO3/c13-8-2-1-3-9(14)11(8)15-6-10-7(12(16)17)4-5-18-10/h1-5,15H,6H2,(H,16,17). The summed E-state index contributed by atoms with van der Waals surface area (Å²) in [5.41, 5.74) is 0.666. The molecule has 2 rings (SSSR count). The van der Waals surface area contributed by atoms with E-state index in [9.17, 15) is 4.79 Å². The number of carbonyl (C=O) groups is 1. The number of rotatable bonds is 4. The summed E-state index contributed by atoms with van der Waals surface area (Å²) in [6.45, 7) is 0.193. The third-order valence-electron chi connectivity index (χ3n) is 2.36. The third-order valence-corrected chi connectivity index (χ3v) is 2.99. The first kappa shape index (κ1) is 12.8. The highest BCUT2D eigenvalue weighted by molar-refractivity contribution is 6.39. The van der Waals surface area contributed by atoms with Gasteiger partial charge in [0.25, 0.3) is 0 Å². The van der Waals surface area contributed by atoms with Crippen molar-refractivity contribution < 1.29 is 14.3 Å². The molecule has 0 saturated carbocycles. The summed E-state index contributed by atoms with van der Waals surface area (Å²) in [7, 11) is 0. The van der Waals surface area contributed by atoms with Crippen molar-refractivity contribution in [3.63, 3.8) is 0 Å². The number of hydrogen-bond acceptors (Lipinski definition) is 3. The van der Waals surface area contributed by atoms with Gasteiger partial charge in [-0.2, -0.15) is 0 Å². The SMILES string of the molecule is O=C(O)c1ccoc1CNc1c(Cl)cccc1Cl. The normalized spacial score (nSPS) is 10.3. The van der Waals surface area contributed by atoms with Gasteiger partial charge < -0.3 is 14.8 Å². The average Bonchev–Trinajstić information content (AvgIpc) is 2.76. The van der Waals surface area contributed by atoms with Gasteiger partial charge in [-0.05, 0) is 18.2 Å². The second-order valence-electron chi connectivity index (χ2n) is 3.51. The fraction of sp³-hybridized carbons (Fsp3) is 0.0833. The zero-order valence-electron chi connectivity index (χ0n) is 9.11. The highest BCUT2D eigenvalue weighted by Crippen LogP contribution is 2.30. The Labute approximate surface area is 113 Å². The van der Waals surface area contributed by atoms with Gasteiger partial charge in [0.1, 0.15) is 11.3 Å². The van der Waals surface area contributed by atoms with E-state index in [1.54, 1.807) is 18.2 Å². The molecule has 0 unspecified atom stereocenters. The Morgan fingerprint density at radius 2 is 1.94 bits per heavy atom. The van der Waals surface area contributed by atoms with Gasteiger partial charge in [-0.25, -0.2) is 4.79 Å². The van der Waals surface area contributed by atoms with Gasteiger partial charge in [0.15, 0.2) is 0 Å². The third kappa shape index (κ3) is 2.60. The number of anilines is 1. The molecule has 0 atom stereocenters. The van der Waals surface area contributed by atoms with E-state index >= 15 is 0 Å². The molecular weight excluding hydrogens is 277 g/mol. The van der Waals surface area contributed by atoms with Gasteiger partial charge in [0.05, 0.1) is 28.5 Å². The second-order valence-corrected chi connectivity index (χ2v) is 4.33. The van der Waals surface area contributed by atoms with Crippen LogP contribution in [0.2, 0.25) is 10.0 Å². The fourth-order valence-corrected chi connectivity index (χ4v) is 2.03. The van der Waals surface area contributed by atoms with E-state index in [-0.39, 0.29) is 12.1 Å². The van der Waals surface area contributed by atoms with Crippen molar-refractivity contribution in [2.24, 2.45) is 0 Å². The first-order valence-electron chi connectivity index (χ1n) is 5.07. The molecule has 6 heteroatoms. The van der Waals surface area contributed by atoms with E-state index in [1.165, 1.54) is 12.3 Å². The molecule has 0 bridgehead atoms. The Balaban J connectivity index is 2.17. The van der Waals surface area contributed by atoms with Gasteiger partial charge in [-0.1, -0.05) is 29.3 Å². The van der Waals surface area contributed by atoms with Crippen LogP contribution >= 0.6 is 23.2 Å². The molecule has 0 saturated heterocycles. The van der Waals surface area contributed by atoms with Crippen molar-refractivity contribution in [1.82, 2.24) is 0 Å². The Hall–Kier alpha value is -1.65. The minimum absolute atomic E-state index is 0.116. The van der Waals surface area contributed by atoms with Crippen LogP contribution in [0.15, 0.2) is 34.9 Å². The zero-order chi connectivity index (χ0) is 13.1. The van der Waals surface area contributed by atoms with Crippen LogP contribution in [0.3, 0.4) is 0 Å². The number of aromatic carboxylic acids is 1. The maximum atomic E-state index is 10.9. The number of furan rings is 1. The lowest BCUT2D eigenvalue weighted by atomic mass is 10.2. The summed E-state index contributed by atoms with van der Waals surface area (Å²) in [5.74, 6) is -0.718. The van der Waals surface area contributed by atoms with E-state index in [2.05, 4.69) is 5.32 Å². The van der Waals surface area contributed by atoms with Crippen molar-refractivity contribution in [1.29, 1.82) is 0 Å². The fourth-order valence-electron chi connectivity index (χ4n) is 1.50. The second kappa shape index (κ2) is 5.33. The summed E-state index contributed by atoms with van der Waals surface area (Å²) in [6.07, 6.45) is 1.33. The summed E-state index contributed by atoms with van der Waals surface area (Å²) < 4.78 is 5.10. The monoisotopic (exact) mass is 285 g/mol. The number of carboxylic acid groups (broad SMARTS) is 1. The van der Waals surface area contributed by atoms with Gasteiger partial charge in [0, 0.05) is 0 Å². The lowest BCUT2D eigenvalue weighted by Gasteiger charge is -2.09. The maximum absolute atomic E-state index is 10.9. The zero-order valence-corrected chi connectivity index (χ0v) is 10.6. The van der Waals surface area contributed by atoms with E-state index in [1.807, 2.05) is 0 Å². The molecule has 2 N–H and O–H groups in total. The summed E-state index contributed by atoms with van der Waals surface area (Å²) in [4.78, 5) is 10.9. The molecule has 0 spiro atoms. The predicted molar refractivity (Wildman–Crippen MR) is 69.5 cm³/mol. The maximum Gasteiger partial charge on any atom is 0.339 e. The number of nitrogens with one attached hydrogen (secondary N) is 1. The lowest BCUT2D eigenvalue weighted by Crippen LogP contribution is -2.05. The predicted octanol–water partition coefficient (Wildman–Crippen LogP) is 3.90. The van der Waals surface area contributed by atoms with Crippen LogP contribution in [-0.2, 0) is 6.54 Å². The van der Waals surface area contributed by atoms with Crippen molar-refractivity contribution in [2.75, 3.05) is 5.32 Å². The molecule has 1 aromatic heterocycles. The Bertz CT molecular complexity index is 560. The van der Waals surface area contributed by atoms with Crippen molar-refractivity contribution in [2.45, 2.75) is 6.54 Å². The van der Waals surface area contributed by atoms with Crippen LogP contribution in [0.25, 0.3) is 0 Å². The van der Waals surface area contributed by atoms with Crippen molar-refractivity contribution in [3.8, 4) is 0 Å². The largest absolute Gasteiger partial charge is 0.478 e. The molecular formula is C12H9Cl2NO3. The minimum Gasteiger partial charge on any atom is -0.478 e. The van der Waals surface area contributed by atoms with E-state index in [4.69, 9.17) is 32.7 Å². The highest BCUT2D eigenvalue weighted by atomic mass is 35.5. The van der Waals surface area contributed by atoms with Crippen LogP contribution in [0.4, 0.5) is 5.69 Å². The summed E-state index contributed by atoms with van der Waals surface area (Å²) in [5, 5.41) is 12.8. The van der Waals surface area contributed by atoms with Gasteiger partial charge in [0.2, 0.25) is 0 Å². The minimum atomic E-state index is -1.04. The van der Waals surface area contributed by atoms with Crippen LogP contribution in [0, 0.1) is 0 Å². The Kier molecular flexibility index (Phi) is 3.79. The lowest BCUT2D eigenvalue weighted by molar-refractivity contribution is 0.0694.